The second kappa shape index (κ2) is 8.81. The third kappa shape index (κ3) is 4.32. The average molecular weight is 446 g/mol. The van der Waals surface area contributed by atoms with Crippen LogP contribution in [-0.4, -0.2) is 56.8 Å². The van der Waals surface area contributed by atoms with Gasteiger partial charge in [-0.2, -0.15) is 5.10 Å². The van der Waals surface area contributed by atoms with Gasteiger partial charge < -0.3 is 15.1 Å². The minimum Gasteiger partial charge on any atom is -0.353 e. The molecule has 0 radical (unpaired) electrons. The molecule has 1 fully saturated rings. The van der Waals surface area contributed by atoms with E-state index in [1.807, 2.05) is 18.2 Å². The van der Waals surface area contributed by atoms with Crippen molar-refractivity contribution in [3.8, 4) is 0 Å². The van der Waals surface area contributed by atoms with Gasteiger partial charge in [0, 0.05) is 38.1 Å². The maximum atomic E-state index is 13.3. The van der Waals surface area contributed by atoms with Crippen LogP contribution in [0.15, 0.2) is 55.1 Å². The number of aryl methyl sites for hydroxylation is 1. The lowest BCUT2D eigenvalue weighted by Gasteiger charge is -2.36. The number of anilines is 3. The molecule has 10 heteroatoms. The van der Waals surface area contributed by atoms with Gasteiger partial charge in [0.2, 0.25) is 5.91 Å². The Hall–Kier alpha value is -4.08. The normalized spacial score (nSPS) is 14.0. The first-order chi connectivity index (χ1) is 16.1. The first-order valence-electron chi connectivity index (χ1n) is 10.7. The highest BCUT2D eigenvalue weighted by Crippen LogP contribution is 2.25. The van der Waals surface area contributed by atoms with Crippen LogP contribution in [0.4, 0.5) is 21.7 Å². The second-order valence-electron chi connectivity index (χ2n) is 7.91. The van der Waals surface area contributed by atoms with E-state index >= 15 is 0 Å². The zero-order chi connectivity index (χ0) is 22.8. The minimum atomic E-state index is -0.339. The zero-order valence-electron chi connectivity index (χ0n) is 18.1. The van der Waals surface area contributed by atoms with Gasteiger partial charge in [0.25, 0.3) is 0 Å². The summed E-state index contributed by atoms with van der Waals surface area (Å²) >= 11 is 0. The monoisotopic (exact) mass is 446 g/mol. The third-order valence-electron chi connectivity index (χ3n) is 5.72. The predicted molar refractivity (Wildman–Crippen MR) is 124 cm³/mol. The summed E-state index contributed by atoms with van der Waals surface area (Å²) in [6.07, 6.45) is 5.01. The van der Waals surface area contributed by atoms with Crippen molar-refractivity contribution in [2.45, 2.75) is 13.5 Å². The number of piperazine rings is 1. The number of hydrogen-bond acceptors (Lipinski definition) is 7. The molecule has 1 N–H and O–H groups in total. The molecule has 4 heterocycles. The van der Waals surface area contributed by atoms with E-state index in [-0.39, 0.29) is 18.3 Å². The van der Waals surface area contributed by atoms with Gasteiger partial charge in [-0.15, -0.1) is 0 Å². The summed E-state index contributed by atoms with van der Waals surface area (Å²) in [5.74, 6) is 1.18. The van der Waals surface area contributed by atoms with Crippen LogP contribution in [0.1, 0.15) is 5.56 Å². The van der Waals surface area contributed by atoms with E-state index < -0.39 is 0 Å². The summed E-state index contributed by atoms with van der Waals surface area (Å²) in [5, 5.41) is 7.99. The number of benzene rings is 1. The Morgan fingerprint density at radius 1 is 1.06 bits per heavy atom. The highest BCUT2D eigenvalue weighted by atomic mass is 19.1. The lowest BCUT2D eigenvalue weighted by Crippen LogP contribution is -2.47. The number of aromatic nitrogens is 5. The Morgan fingerprint density at radius 2 is 1.88 bits per heavy atom. The molecule has 0 spiro atoms. The molecule has 3 aromatic heterocycles. The molecule has 1 aliphatic heterocycles. The standard InChI is InChI=1S/C23H23FN8O/c1-16-12-17(24)5-6-19(16)29-21(33)14-32-23-18(13-28-32)22(26-15-27-23)31-10-8-30(9-11-31)20-4-2-3-7-25-20/h2-7,12-13,15H,8-11,14H2,1H3,(H,29,33). The van der Waals surface area contributed by atoms with Crippen LogP contribution < -0.4 is 15.1 Å². The molecular weight excluding hydrogens is 423 g/mol. The number of pyridine rings is 1. The summed E-state index contributed by atoms with van der Waals surface area (Å²) in [6, 6.07) is 10.2. The quantitative estimate of drug-likeness (QED) is 0.504. The van der Waals surface area contributed by atoms with Gasteiger partial charge in [0.05, 0.1) is 11.6 Å². The van der Waals surface area contributed by atoms with E-state index in [4.69, 9.17) is 0 Å². The fraction of sp³-hybridized carbons (Fsp3) is 0.261. The van der Waals surface area contributed by atoms with E-state index in [1.165, 1.54) is 18.5 Å². The van der Waals surface area contributed by atoms with Gasteiger partial charge in [0.1, 0.15) is 30.3 Å². The van der Waals surface area contributed by atoms with Gasteiger partial charge in [-0.1, -0.05) is 6.07 Å². The molecule has 33 heavy (non-hydrogen) atoms. The molecule has 0 aliphatic carbocycles. The number of nitrogens with one attached hydrogen (secondary N) is 1. The molecule has 0 unspecified atom stereocenters. The van der Waals surface area contributed by atoms with Gasteiger partial charge in [-0.05, 0) is 42.8 Å². The molecule has 1 aromatic carbocycles. The van der Waals surface area contributed by atoms with E-state index in [9.17, 15) is 9.18 Å². The Bertz CT molecular complexity index is 1280. The number of nitrogens with zero attached hydrogens (tertiary/aromatic N) is 7. The summed E-state index contributed by atoms with van der Waals surface area (Å²) in [6.45, 7) is 4.97. The van der Waals surface area contributed by atoms with E-state index in [0.29, 0.717) is 16.9 Å². The average Bonchev–Trinajstić information content (AvgIpc) is 3.24. The number of rotatable bonds is 5. The summed E-state index contributed by atoms with van der Waals surface area (Å²) in [5.41, 5.74) is 1.82. The van der Waals surface area contributed by atoms with E-state index in [2.05, 4.69) is 35.2 Å². The predicted octanol–water partition coefficient (Wildman–Crippen LogP) is 2.63. The summed E-state index contributed by atoms with van der Waals surface area (Å²) in [7, 11) is 0. The molecule has 4 aromatic rings. The molecule has 168 valence electrons. The Labute approximate surface area is 189 Å². The smallest absolute Gasteiger partial charge is 0.246 e. The lowest BCUT2D eigenvalue weighted by molar-refractivity contribution is -0.116. The zero-order valence-corrected chi connectivity index (χ0v) is 18.1. The van der Waals surface area contributed by atoms with Gasteiger partial charge >= 0.3 is 0 Å². The van der Waals surface area contributed by atoms with Crippen LogP contribution in [0.3, 0.4) is 0 Å². The summed E-state index contributed by atoms with van der Waals surface area (Å²) < 4.78 is 14.9. The number of hydrogen-bond donors (Lipinski definition) is 1. The molecule has 0 saturated carbocycles. The number of halogens is 1. The largest absolute Gasteiger partial charge is 0.353 e. The second-order valence-corrected chi connectivity index (χ2v) is 7.91. The van der Waals surface area contributed by atoms with Gasteiger partial charge in [0.15, 0.2) is 5.65 Å². The molecule has 1 saturated heterocycles. The highest BCUT2D eigenvalue weighted by molar-refractivity contribution is 5.93. The number of amides is 1. The molecule has 1 amide bonds. The van der Waals surface area contributed by atoms with Crippen molar-refractivity contribution in [1.82, 2.24) is 24.7 Å². The fourth-order valence-electron chi connectivity index (χ4n) is 4.03. The number of carbonyl (C=O) groups excluding carboxylic acids is 1. The SMILES string of the molecule is Cc1cc(F)ccc1NC(=O)Cn1ncc2c(N3CCN(c4ccccn4)CC3)ncnc21. The van der Waals surface area contributed by atoms with Gasteiger partial charge in [-0.25, -0.2) is 24.0 Å². The molecule has 9 nitrogen and oxygen atoms in total. The lowest BCUT2D eigenvalue weighted by atomic mass is 10.2. The van der Waals surface area contributed by atoms with Crippen LogP contribution in [0.5, 0.6) is 0 Å². The first-order valence-corrected chi connectivity index (χ1v) is 10.7. The van der Waals surface area contributed by atoms with Crippen molar-refractivity contribution in [3.05, 3.63) is 66.5 Å². The Morgan fingerprint density at radius 3 is 2.64 bits per heavy atom. The number of carbonyl (C=O) groups is 1. The fourth-order valence-corrected chi connectivity index (χ4v) is 4.03. The topological polar surface area (TPSA) is 92.1 Å². The van der Waals surface area contributed by atoms with Crippen molar-refractivity contribution in [3.63, 3.8) is 0 Å². The molecule has 0 bridgehead atoms. The van der Waals surface area contributed by atoms with Crippen LogP contribution in [0.2, 0.25) is 0 Å². The van der Waals surface area contributed by atoms with Crippen LogP contribution in [0.25, 0.3) is 11.0 Å². The third-order valence-corrected chi connectivity index (χ3v) is 5.72. The Balaban J connectivity index is 1.30. The minimum absolute atomic E-state index is 0.00970. The van der Waals surface area contributed by atoms with Gasteiger partial charge in [-0.3, -0.25) is 4.79 Å². The molecule has 5 rings (SSSR count). The van der Waals surface area contributed by atoms with E-state index in [1.54, 1.807) is 30.1 Å². The molecule has 1 aliphatic rings. The maximum Gasteiger partial charge on any atom is 0.246 e. The first kappa shape index (κ1) is 20.8. The highest BCUT2D eigenvalue weighted by Gasteiger charge is 2.22. The molecule has 0 atom stereocenters. The molecular formula is C23H23FN8O. The van der Waals surface area contributed by atoms with E-state index in [0.717, 1.165) is 43.2 Å². The number of fused-ring (bicyclic) bond motifs is 1. The van der Waals surface area contributed by atoms with Crippen molar-refractivity contribution in [2.24, 2.45) is 0 Å². The summed E-state index contributed by atoms with van der Waals surface area (Å²) in [4.78, 5) is 30.3. The maximum absolute atomic E-state index is 13.3. The van der Waals surface area contributed by atoms with Crippen LogP contribution in [0, 0.1) is 12.7 Å². The Kier molecular flexibility index (Phi) is 5.55. The van der Waals surface area contributed by atoms with Crippen molar-refractivity contribution >= 4 is 34.3 Å². The van der Waals surface area contributed by atoms with Crippen molar-refractivity contribution in [2.75, 3.05) is 41.3 Å². The van der Waals surface area contributed by atoms with Crippen molar-refractivity contribution in [1.29, 1.82) is 0 Å². The van der Waals surface area contributed by atoms with Crippen molar-refractivity contribution < 1.29 is 9.18 Å². The van der Waals surface area contributed by atoms with Crippen LogP contribution in [-0.2, 0) is 11.3 Å². The van der Waals surface area contributed by atoms with Crippen LogP contribution >= 0.6 is 0 Å².